The van der Waals surface area contributed by atoms with Crippen LogP contribution in [0.4, 0.5) is 10.1 Å². The maximum Gasteiger partial charge on any atom is 0.146 e. The van der Waals surface area contributed by atoms with Crippen molar-refractivity contribution < 1.29 is 13.9 Å². The van der Waals surface area contributed by atoms with Gasteiger partial charge >= 0.3 is 0 Å². The Morgan fingerprint density at radius 3 is 2.75 bits per heavy atom. The average Bonchev–Trinajstić information content (AvgIpc) is 3.13. The van der Waals surface area contributed by atoms with Crippen molar-refractivity contribution in [2.24, 2.45) is 0 Å². The van der Waals surface area contributed by atoms with Crippen molar-refractivity contribution in [2.75, 3.05) is 4.90 Å². The summed E-state index contributed by atoms with van der Waals surface area (Å²) in [7, 11) is 0. The third kappa shape index (κ3) is 2.56. The predicted molar refractivity (Wildman–Crippen MR) is 74.9 cm³/mol. The van der Waals surface area contributed by atoms with Crippen LogP contribution in [-0.2, 0) is 6.54 Å². The number of rotatable bonds is 5. The molecule has 1 fully saturated rings. The summed E-state index contributed by atoms with van der Waals surface area (Å²) in [6.07, 6.45) is 3.03. The summed E-state index contributed by atoms with van der Waals surface area (Å²) in [6, 6.07) is 8.91. The van der Waals surface area contributed by atoms with Crippen molar-refractivity contribution in [1.29, 1.82) is 0 Å². The van der Waals surface area contributed by atoms with Gasteiger partial charge in [-0.2, -0.15) is 0 Å². The van der Waals surface area contributed by atoms with Crippen LogP contribution in [0.5, 0.6) is 0 Å². The molecule has 0 unspecified atom stereocenters. The van der Waals surface area contributed by atoms with Gasteiger partial charge in [0.25, 0.3) is 0 Å². The Hall–Kier alpha value is -1.81. The number of benzene rings is 1. The molecule has 2 aromatic rings. The van der Waals surface area contributed by atoms with Crippen molar-refractivity contribution in [1.82, 2.24) is 0 Å². The zero-order valence-electron chi connectivity index (χ0n) is 11.4. The minimum Gasteiger partial charge on any atom is -0.467 e. The number of anilines is 1. The van der Waals surface area contributed by atoms with E-state index in [1.54, 1.807) is 25.3 Å². The topological polar surface area (TPSA) is 36.6 Å². The Bertz CT molecular complexity index is 576. The molecule has 3 rings (SSSR count). The highest BCUT2D eigenvalue weighted by Gasteiger charge is 2.33. The van der Waals surface area contributed by atoms with Crippen LogP contribution in [0.3, 0.4) is 0 Å². The van der Waals surface area contributed by atoms with Gasteiger partial charge in [0.1, 0.15) is 11.6 Å². The minimum atomic E-state index is -0.696. The Kier molecular flexibility index (Phi) is 3.49. The summed E-state index contributed by atoms with van der Waals surface area (Å²) in [5.74, 6) is 0.513. The maximum atomic E-state index is 14.3. The van der Waals surface area contributed by atoms with Crippen molar-refractivity contribution in [3.8, 4) is 0 Å². The molecule has 0 aliphatic heterocycles. The van der Waals surface area contributed by atoms with E-state index in [4.69, 9.17) is 4.42 Å². The molecule has 4 heteroatoms. The molecule has 0 bridgehead atoms. The highest BCUT2D eigenvalue weighted by atomic mass is 19.1. The van der Waals surface area contributed by atoms with Crippen molar-refractivity contribution in [3.05, 3.63) is 53.7 Å². The number of hydrogen-bond acceptors (Lipinski definition) is 3. The maximum absolute atomic E-state index is 14.3. The van der Waals surface area contributed by atoms with E-state index in [1.807, 2.05) is 17.0 Å². The lowest BCUT2D eigenvalue weighted by atomic mass is 10.1. The fourth-order valence-corrected chi connectivity index (χ4v) is 2.52. The molecule has 106 valence electrons. The SMILES string of the molecule is C[C@@H](O)c1cccc(F)c1N(Cc1ccco1)C1CC1. The second kappa shape index (κ2) is 5.29. The molecule has 1 aliphatic rings. The van der Waals surface area contributed by atoms with Gasteiger partial charge in [0, 0.05) is 11.6 Å². The third-order valence-corrected chi connectivity index (χ3v) is 3.65. The molecule has 1 atom stereocenters. The zero-order valence-corrected chi connectivity index (χ0v) is 11.4. The molecule has 20 heavy (non-hydrogen) atoms. The Morgan fingerprint density at radius 2 is 2.15 bits per heavy atom. The first kappa shape index (κ1) is 13.2. The molecule has 1 heterocycles. The van der Waals surface area contributed by atoms with Gasteiger partial charge in [-0.15, -0.1) is 0 Å². The monoisotopic (exact) mass is 275 g/mol. The number of hydrogen-bond donors (Lipinski definition) is 1. The molecular weight excluding hydrogens is 257 g/mol. The smallest absolute Gasteiger partial charge is 0.146 e. The number of nitrogens with zero attached hydrogens (tertiary/aromatic N) is 1. The molecule has 0 amide bonds. The normalized spacial score (nSPS) is 16.1. The quantitative estimate of drug-likeness (QED) is 0.905. The first-order chi connectivity index (χ1) is 9.66. The third-order valence-electron chi connectivity index (χ3n) is 3.65. The van der Waals surface area contributed by atoms with Crippen LogP contribution in [0.1, 0.15) is 37.2 Å². The fraction of sp³-hybridized carbons (Fsp3) is 0.375. The molecule has 1 saturated carbocycles. The largest absolute Gasteiger partial charge is 0.467 e. The second-order valence-electron chi connectivity index (χ2n) is 5.29. The van der Waals surface area contributed by atoms with Crippen LogP contribution in [0.2, 0.25) is 0 Å². The molecule has 0 spiro atoms. The van der Waals surface area contributed by atoms with Crippen LogP contribution in [0.15, 0.2) is 41.0 Å². The standard InChI is InChI=1S/C16H18FNO2/c1-11(19)14-5-2-6-15(17)16(14)18(12-7-8-12)10-13-4-3-9-20-13/h2-6,9,11-12,19H,7-8,10H2,1H3/t11-/m1/s1. The Balaban J connectivity index is 1.99. The highest BCUT2D eigenvalue weighted by Crippen LogP contribution is 2.38. The molecule has 1 aromatic heterocycles. The fourth-order valence-electron chi connectivity index (χ4n) is 2.52. The molecule has 3 nitrogen and oxygen atoms in total. The zero-order chi connectivity index (χ0) is 14.1. The number of aliphatic hydroxyl groups is 1. The highest BCUT2D eigenvalue weighted by molar-refractivity contribution is 5.57. The number of para-hydroxylation sites is 1. The first-order valence-electron chi connectivity index (χ1n) is 6.92. The molecule has 1 N–H and O–H groups in total. The number of aliphatic hydroxyl groups excluding tert-OH is 1. The van der Waals surface area contributed by atoms with Gasteiger partial charge in [0.05, 0.1) is 24.6 Å². The molecule has 0 saturated heterocycles. The molecular formula is C16H18FNO2. The summed E-state index contributed by atoms with van der Waals surface area (Å²) in [6.45, 7) is 2.19. The number of furan rings is 1. The Morgan fingerprint density at radius 1 is 1.35 bits per heavy atom. The van der Waals surface area contributed by atoms with Crippen LogP contribution < -0.4 is 4.90 Å². The Labute approximate surface area is 117 Å². The van der Waals surface area contributed by atoms with E-state index < -0.39 is 6.10 Å². The van der Waals surface area contributed by atoms with E-state index in [-0.39, 0.29) is 5.82 Å². The van der Waals surface area contributed by atoms with E-state index in [2.05, 4.69) is 0 Å². The summed E-state index contributed by atoms with van der Waals surface area (Å²) < 4.78 is 19.7. The van der Waals surface area contributed by atoms with Crippen LogP contribution in [0.25, 0.3) is 0 Å². The molecule has 1 aliphatic carbocycles. The van der Waals surface area contributed by atoms with Crippen LogP contribution in [-0.4, -0.2) is 11.1 Å². The van der Waals surface area contributed by atoms with E-state index in [1.165, 1.54) is 6.07 Å². The van der Waals surface area contributed by atoms with Gasteiger partial charge in [-0.1, -0.05) is 12.1 Å². The van der Waals surface area contributed by atoms with Crippen molar-refractivity contribution in [3.63, 3.8) is 0 Å². The van der Waals surface area contributed by atoms with E-state index in [0.717, 1.165) is 18.6 Å². The van der Waals surface area contributed by atoms with Gasteiger partial charge in [-0.3, -0.25) is 0 Å². The summed E-state index contributed by atoms with van der Waals surface area (Å²) >= 11 is 0. The van der Waals surface area contributed by atoms with Crippen LogP contribution in [0, 0.1) is 5.82 Å². The summed E-state index contributed by atoms with van der Waals surface area (Å²) in [5.41, 5.74) is 1.13. The van der Waals surface area contributed by atoms with E-state index in [9.17, 15) is 9.50 Å². The minimum absolute atomic E-state index is 0.290. The summed E-state index contributed by atoms with van der Waals surface area (Å²) in [5, 5.41) is 9.89. The lowest BCUT2D eigenvalue weighted by Gasteiger charge is -2.27. The lowest BCUT2D eigenvalue weighted by Crippen LogP contribution is -2.27. The second-order valence-corrected chi connectivity index (χ2v) is 5.29. The van der Waals surface area contributed by atoms with Crippen molar-refractivity contribution in [2.45, 2.75) is 38.5 Å². The van der Waals surface area contributed by atoms with E-state index in [0.29, 0.717) is 23.8 Å². The molecule has 0 radical (unpaired) electrons. The molecule has 1 aromatic carbocycles. The average molecular weight is 275 g/mol. The van der Waals surface area contributed by atoms with Gasteiger partial charge in [0.15, 0.2) is 0 Å². The van der Waals surface area contributed by atoms with Gasteiger partial charge in [-0.05, 0) is 38.0 Å². The van der Waals surface area contributed by atoms with E-state index >= 15 is 0 Å². The summed E-state index contributed by atoms with van der Waals surface area (Å²) in [4.78, 5) is 2.01. The van der Waals surface area contributed by atoms with Gasteiger partial charge in [0.2, 0.25) is 0 Å². The first-order valence-corrected chi connectivity index (χ1v) is 6.92. The van der Waals surface area contributed by atoms with Crippen molar-refractivity contribution >= 4 is 5.69 Å². The van der Waals surface area contributed by atoms with Crippen LogP contribution >= 0.6 is 0 Å². The van der Waals surface area contributed by atoms with Gasteiger partial charge < -0.3 is 14.4 Å². The van der Waals surface area contributed by atoms with Gasteiger partial charge in [-0.25, -0.2) is 4.39 Å². The number of halogens is 1. The lowest BCUT2D eigenvalue weighted by molar-refractivity contribution is 0.199. The predicted octanol–water partition coefficient (Wildman–Crippen LogP) is 3.64.